The van der Waals surface area contributed by atoms with Gasteiger partial charge in [-0.3, -0.25) is 24.1 Å². The molecule has 0 spiro atoms. The Labute approximate surface area is 127 Å². The number of carbonyl (C=O) groups excluding carboxylic acids is 4. The van der Waals surface area contributed by atoms with Gasteiger partial charge in [0.05, 0.1) is 12.1 Å². The molecule has 2 saturated heterocycles. The van der Waals surface area contributed by atoms with Gasteiger partial charge in [-0.25, -0.2) is 4.90 Å². The zero-order valence-corrected chi connectivity index (χ0v) is 12.5. The fraction of sp³-hybridized carbons (Fsp3) is 0.375. The van der Waals surface area contributed by atoms with Crippen molar-refractivity contribution >= 4 is 29.3 Å². The van der Waals surface area contributed by atoms with Crippen LogP contribution in [-0.4, -0.2) is 34.6 Å². The van der Waals surface area contributed by atoms with Crippen molar-refractivity contribution < 1.29 is 19.2 Å². The summed E-state index contributed by atoms with van der Waals surface area (Å²) >= 11 is 0. The van der Waals surface area contributed by atoms with Gasteiger partial charge < -0.3 is 0 Å². The molecule has 0 bridgehead atoms. The third-order valence-corrected chi connectivity index (χ3v) is 4.19. The molecule has 0 aliphatic carbocycles. The van der Waals surface area contributed by atoms with E-state index < -0.39 is 11.9 Å². The van der Waals surface area contributed by atoms with E-state index in [1.807, 2.05) is 32.0 Å². The van der Waals surface area contributed by atoms with Crippen LogP contribution in [0, 0.1) is 13.8 Å². The molecule has 22 heavy (non-hydrogen) atoms. The molecule has 6 heteroatoms. The minimum atomic E-state index is -0.992. The Bertz CT molecular complexity index is 674. The smallest absolute Gasteiger partial charge is 0.257 e. The Morgan fingerprint density at radius 2 is 1.45 bits per heavy atom. The third-order valence-electron chi connectivity index (χ3n) is 4.19. The minimum Gasteiger partial charge on any atom is -0.274 e. The first kappa shape index (κ1) is 14.4. The number of benzene rings is 1. The summed E-state index contributed by atoms with van der Waals surface area (Å²) in [7, 11) is 0. The molecule has 6 nitrogen and oxygen atoms in total. The fourth-order valence-electron chi connectivity index (χ4n) is 3.15. The Morgan fingerprint density at radius 3 is 2.00 bits per heavy atom. The van der Waals surface area contributed by atoms with E-state index in [4.69, 9.17) is 0 Å². The monoisotopic (exact) mass is 300 g/mol. The van der Waals surface area contributed by atoms with E-state index in [1.165, 1.54) is 0 Å². The van der Waals surface area contributed by atoms with Crippen LogP contribution in [0.1, 0.15) is 30.4 Å². The predicted octanol–water partition coefficient (Wildman–Crippen LogP) is 1.08. The highest BCUT2D eigenvalue weighted by molar-refractivity contribution is 6.25. The number of nitrogens with zero attached hydrogens (tertiary/aromatic N) is 2. The average molecular weight is 300 g/mol. The second kappa shape index (κ2) is 5.05. The number of carbonyl (C=O) groups is 4. The largest absolute Gasteiger partial charge is 0.274 e. The van der Waals surface area contributed by atoms with Gasteiger partial charge in [0.25, 0.3) is 5.91 Å². The summed E-state index contributed by atoms with van der Waals surface area (Å²) in [6.07, 6.45) is 0.0878. The van der Waals surface area contributed by atoms with E-state index in [0.29, 0.717) is 5.69 Å². The molecule has 1 aromatic rings. The Kier molecular flexibility index (Phi) is 3.31. The molecule has 3 rings (SSSR count). The number of likely N-dealkylation sites (tertiary alicyclic amines) is 1. The van der Waals surface area contributed by atoms with Crippen LogP contribution in [0.3, 0.4) is 0 Å². The molecule has 114 valence electrons. The third kappa shape index (κ3) is 2.03. The summed E-state index contributed by atoms with van der Waals surface area (Å²) < 4.78 is 0. The summed E-state index contributed by atoms with van der Waals surface area (Å²) in [5.74, 6) is -1.62. The molecule has 2 aliphatic rings. The highest BCUT2D eigenvalue weighted by atomic mass is 16.2. The van der Waals surface area contributed by atoms with E-state index >= 15 is 0 Å². The van der Waals surface area contributed by atoms with Gasteiger partial charge in [-0.2, -0.15) is 0 Å². The lowest BCUT2D eigenvalue weighted by Gasteiger charge is -2.22. The van der Waals surface area contributed by atoms with Crippen LogP contribution in [0.25, 0.3) is 0 Å². The first-order valence-electron chi connectivity index (χ1n) is 7.19. The highest BCUT2D eigenvalue weighted by Gasteiger charge is 2.48. The first-order chi connectivity index (χ1) is 10.4. The topological polar surface area (TPSA) is 74.8 Å². The number of rotatable bonds is 2. The maximum Gasteiger partial charge on any atom is 0.257 e. The van der Waals surface area contributed by atoms with Crippen molar-refractivity contribution in [3.63, 3.8) is 0 Å². The Balaban J connectivity index is 1.99. The Hall–Kier alpha value is -2.50. The van der Waals surface area contributed by atoms with Gasteiger partial charge >= 0.3 is 0 Å². The molecule has 1 aromatic carbocycles. The van der Waals surface area contributed by atoms with Crippen LogP contribution >= 0.6 is 0 Å². The lowest BCUT2D eigenvalue weighted by molar-refractivity contribution is -0.144. The lowest BCUT2D eigenvalue weighted by Crippen LogP contribution is -2.45. The minimum absolute atomic E-state index is 0.111. The van der Waals surface area contributed by atoms with Crippen molar-refractivity contribution in [1.29, 1.82) is 0 Å². The lowest BCUT2D eigenvalue weighted by atomic mass is 10.1. The SMILES string of the molecule is Cc1cccc(C)c1N1C(=O)CC(N2C(=O)CCC2=O)C1=O. The maximum absolute atomic E-state index is 12.7. The van der Waals surface area contributed by atoms with Gasteiger partial charge in [0.15, 0.2) is 0 Å². The summed E-state index contributed by atoms with van der Waals surface area (Å²) in [5, 5.41) is 0. The molecule has 2 fully saturated rings. The maximum atomic E-state index is 12.7. The van der Waals surface area contributed by atoms with Gasteiger partial charge in [-0.15, -0.1) is 0 Å². The number of hydrogen-bond donors (Lipinski definition) is 0. The van der Waals surface area contributed by atoms with Crippen molar-refractivity contribution in [1.82, 2.24) is 4.90 Å². The summed E-state index contributed by atoms with van der Waals surface area (Å²) in [5.41, 5.74) is 2.17. The molecule has 0 aromatic heterocycles. The standard InChI is InChI=1S/C16H16N2O4/c1-9-4-3-5-10(2)15(9)18-14(21)8-11(16(18)22)17-12(19)6-7-13(17)20/h3-5,11H,6-8H2,1-2H3. The summed E-state index contributed by atoms with van der Waals surface area (Å²) in [4.78, 5) is 50.7. The van der Waals surface area contributed by atoms with E-state index in [9.17, 15) is 19.2 Å². The molecule has 2 aliphatic heterocycles. The molecule has 1 unspecified atom stereocenters. The van der Waals surface area contributed by atoms with Crippen molar-refractivity contribution in [3.05, 3.63) is 29.3 Å². The van der Waals surface area contributed by atoms with E-state index in [-0.39, 0.29) is 37.0 Å². The van der Waals surface area contributed by atoms with Crippen LogP contribution in [0.4, 0.5) is 5.69 Å². The van der Waals surface area contributed by atoms with Crippen LogP contribution in [-0.2, 0) is 19.2 Å². The molecule has 0 N–H and O–H groups in total. The second-order valence-corrected chi connectivity index (χ2v) is 5.69. The van der Waals surface area contributed by atoms with E-state index in [2.05, 4.69) is 0 Å². The second-order valence-electron chi connectivity index (χ2n) is 5.69. The van der Waals surface area contributed by atoms with Crippen molar-refractivity contribution in [3.8, 4) is 0 Å². The van der Waals surface area contributed by atoms with E-state index in [1.54, 1.807) is 0 Å². The molecular formula is C16H16N2O4. The average Bonchev–Trinajstić information content (AvgIpc) is 2.92. The number of aryl methyl sites for hydroxylation is 2. The summed E-state index contributed by atoms with van der Waals surface area (Å²) in [6.45, 7) is 3.64. The molecule has 1 atom stereocenters. The van der Waals surface area contributed by atoms with E-state index in [0.717, 1.165) is 20.9 Å². The van der Waals surface area contributed by atoms with Crippen molar-refractivity contribution in [2.24, 2.45) is 0 Å². The Morgan fingerprint density at radius 1 is 0.909 bits per heavy atom. The van der Waals surface area contributed by atoms with Gasteiger partial charge in [-0.05, 0) is 25.0 Å². The zero-order chi connectivity index (χ0) is 16.0. The molecular weight excluding hydrogens is 284 g/mol. The van der Waals surface area contributed by atoms with Crippen LogP contribution in [0.2, 0.25) is 0 Å². The van der Waals surface area contributed by atoms with Gasteiger partial charge in [0.2, 0.25) is 17.7 Å². The van der Waals surface area contributed by atoms with Crippen molar-refractivity contribution in [2.75, 3.05) is 4.90 Å². The highest BCUT2D eigenvalue weighted by Crippen LogP contribution is 2.32. The summed E-state index contributed by atoms with van der Waals surface area (Å²) in [6, 6.07) is 4.50. The number of anilines is 1. The number of amides is 4. The normalized spacial score (nSPS) is 22.2. The first-order valence-corrected chi connectivity index (χ1v) is 7.19. The number of imide groups is 2. The number of para-hydroxylation sites is 1. The van der Waals surface area contributed by atoms with Gasteiger partial charge in [-0.1, -0.05) is 18.2 Å². The van der Waals surface area contributed by atoms with Gasteiger partial charge in [0.1, 0.15) is 6.04 Å². The molecule has 0 saturated carbocycles. The fourth-order valence-corrected chi connectivity index (χ4v) is 3.15. The number of hydrogen-bond acceptors (Lipinski definition) is 4. The van der Waals surface area contributed by atoms with Crippen LogP contribution < -0.4 is 4.90 Å². The van der Waals surface area contributed by atoms with Crippen molar-refractivity contribution in [2.45, 2.75) is 39.2 Å². The molecule has 4 amide bonds. The zero-order valence-electron chi connectivity index (χ0n) is 12.5. The van der Waals surface area contributed by atoms with Crippen LogP contribution in [0.5, 0.6) is 0 Å². The van der Waals surface area contributed by atoms with Crippen LogP contribution in [0.15, 0.2) is 18.2 Å². The quantitative estimate of drug-likeness (QED) is 0.766. The molecule has 2 heterocycles. The van der Waals surface area contributed by atoms with Gasteiger partial charge in [0, 0.05) is 12.8 Å². The predicted molar refractivity (Wildman–Crippen MR) is 77.9 cm³/mol. The molecule has 0 radical (unpaired) electrons.